The molecule has 0 atom stereocenters. The number of nitro groups is 1. The van der Waals surface area contributed by atoms with Crippen molar-refractivity contribution in [2.45, 2.75) is 6.92 Å². The number of thioether (sulfide) groups is 1. The monoisotopic (exact) mass is 264 g/mol. The summed E-state index contributed by atoms with van der Waals surface area (Å²) in [5, 5.41) is 15.1. The average molecular weight is 264 g/mol. The van der Waals surface area contributed by atoms with Gasteiger partial charge in [0.25, 0.3) is 0 Å². The highest BCUT2D eigenvalue weighted by Gasteiger charge is 2.25. The van der Waals surface area contributed by atoms with Crippen molar-refractivity contribution in [3.8, 4) is 0 Å². The molecule has 0 fully saturated rings. The molecule has 1 N–H and O–H groups in total. The van der Waals surface area contributed by atoms with Gasteiger partial charge >= 0.3 is 5.84 Å². The molecule has 94 valence electrons. The van der Waals surface area contributed by atoms with Gasteiger partial charge in [0, 0.05) is 5.75 Å². The molecule has 6 nitrogen and oxygen atoms in total. The van der Waals surface area contributed by atoms with E-state index in [1.807, 2.05) is 31.2 Å². The van der Waals surface area contributed by atoms with E-state index in [2.05, 4.69) is 15.5 Å². The van der Waals surface area contributed by atoms with E-state index in [-0.39, 0.29) is 5.84 Å². The van der Waals surface area contributed by atoms with Crippen LogP contribution in [0.2, 0.25) is 0 Å². The van der Waals surface area contributed by atoms with Crippen molar-refractivity contribution in [3.63, 3.8) is 0 Å². The van der Waals surface area contributed by atoms with E-state index in [1.54, 1.807) is 0 Å². The molecule has 18 heavy (non-hydrogen) atoms. The first-order valence-corrected chi connectivity index (χ1v) is 6.38. The highest BCUT2D eigenvalue weighted by atomic mass is 32.2. The normalized spacial score (nSPS) is 15.4. The molecule has 7 heteroatoms. The predicted octanol–water partition coefficient (Wildman–Crippen LogP) is 2.14. The molecule has 2 rings (SSSR count). The van der Waals surface area contributed by atoms with Crippen LogP contribution in [-0.4, -0.2) is 28.1 Å². The maximum absolute atomic E-state index is 10.9. The Labute approximate surface area is 108 Å². The number of hydrogen-bond acceptors (Lipinski definition) is 6. The quantitative estimate of drug-likeness (QED) is 0.392. The second-order valence-electron chi connectivity index (χ2n) is 3.71. The van der Waals surface area contributed by atoms with Crippen LogP contribution < -0.4 is 5.43 Å². The molecule has 0 aromatic heterocycles. The third kappa shape index (κ3) is 3.07. The van der Waals surface area contributed by atoms with Crippen molar-refractivity contribution in [2.24, 2.45) is 10.1 Å². The van der Waals surface area contributed by atoms with E-state index in [9.17, 15) is 10.1 Å². The first kappa shape index (κ1) is 12.6. The maximum Gasteiger partial charge on any atom is 0.419 e. The minimum atomic E-state index is -0.516. The zero-order chi connectivity index (χ0) is 13.0. The van der Waals surface area contributed by atoms with E-state index in [1.165, 1.54) is 11.8 Å². The minimum absolute atomic E-state index is 0.224. The Kier molecular flexibility index (Phi) is 3.93. The first-order valence-electron chi connectivity index (χ1n) is 5.39. The number of amidine groups is 1. The van der Waals surface area contributed by atoms with Crippen LogP contribution in [0.3, 0.4) is 0 Å². The number of nitrogens with one attached hydrogen (secondary N) is 1. The third-order valence-corrected chi connectivity index (χ3v) is 3.26. The molecular formula is C11H12N4O2S. The fraction of sp³-hybridized carbons (Fsp3) is 0.273. The molecule has 0 saturated heterocycles. The highest BCUT2D eigenvalue weighted by Crippen LogP contribution is 2.14. The molecule has 0 radical (unpaired) electrons. The van der Waals surface area contributed by atoms with Crippen LogP contribution in [0.25, 0.3) is 0 Å². The number of benzene rings is 1. The molecule has 0 spiro atoms. The summed E-state index contributed by atoms with van der Waals surface area (Å²) in [4.78, 5) is 14.4. The van der Waals surface area contributed by atoms with Crippen molar-refractivity contribution >= 4 is 28.3 Å². The molecular weight excluding hydrogens is 252 g/mol. The summed E-state index contributed by atoms with van der Waals surface area (Å²) in [6.45, 7) is 2.58. The molecule has 1 heterocycles. The Balaban J connectivity index is 2.13. The smallest absolute Gasteiger partial charge is 0.358 e. The van der Waals surface area contributed by atoms with Gasteiger partial charge in [-0.1, -0.05) is 29.5 Å². The summed E-state index contributed by atoms with van der Waals surface area (Å²) in [5.41, 5.74) is 4.51. The number of nitrogens with zero attached hydrogens (tertiary/aromatic N) is 3. The average Bonchev–Trinajstić information content (AvgIpc) is 2.85. The molecule has 0 amide bonds. The van der Waals surface area contributed by atoms with Crippen LogP contribution in [0.4, 0.5) is 5.69 Å². The number of hydrogen-bond donors (Lipinski definition) is 1. The van der Waals surface area contributed by atoms with Gasteiger partial charge in [0.1, 0.15) is 0 Å². The standard InChI is InChI=1S/C11H12N4O2S/c1-8-2-4-9(5-3-8)13-14-10(15(16)17)11-12-6-7-18-11/h2-5,13H,6-7H2,1H3/b14-10-. The number of rotatable bonds is 3. The van der Waals surface area contributed by atoms with Crippen molar-refractivity contribution in [1.29, 1.82) is 0 Å². The van der Waals surface area contributed by atoms with Gasteiger partial charge in [0.2, 0.25) is 0 Å². The number of anilines is 1. The lowest BCUT2D eigenvalue weighted by molar-refractivity contribution is -0.345. The lowest BCUT2D eigenvalue weighted by Gasteiger charge is -1.99. The number of aryl methyl sites for hydroxylation is 1. The van der Waals surface area contributed by atoms with Gasteiger partial charge in [-0.05, 0) is 24.0 Å². The Bertz CT molecular complexity index is 510. The van der Waals surface area contributed by atoms with Gasteiger partial charge in [-0.25, -0.2) is 0 Å². The Morgan fingerprint density at radius 2 is 2.22 bits per heavy atom. The molecule has 1 aromatic rings. The van der Waals surface area contributed by atoms with Crippen LogP contribution in [0.1, 0.15) is 5.56 Å². The fourth-order valence-corrected chi connectivity index (χ4v) is 2.19. The fourth-order valence-electron chi connectivity index (χ4n) is 1.38. The van der Waals surface area contributed by atoms with Gasteiger partial charge in [0.15, 0.2) is 5.04 Å². The Morgan fingerprint density at radius 3 is 2.78 bits per heavy atom. The number of aliphatic imine (C=N–C) groups is 1. The molecule has 0 aliphatic carbocycles. The zero-order valence-electron chi connectivity index (χ0n) is 9.79. The molecule has 1 aliphatic rings. The van der Waals surface area contributed by atoms with Gasteiger partial charge in [-0.15, -0.1) is 0 Å². The van der Waals surface area contributed by atoms with E-state index in [0.29, 0.717) is 17.3 Å². The third-order valence-electron chi connectivity index (χ3n) is 2.29. The molecule has 1 aliphatic heterocycles. The predicted molar refractivity (Wildman–Crippen MR) is 74.0 cm³/mol. The SMILES string of the molecule is Cc1ccc(N/N=C(/C2=NCCS2)[N+](=O)[O-])cc1. The van der Waals surface area contributed by atoms with E-state index >= 15 is 0 Å². The van der Waals surface area contributed by atoms with E-state index < -0.39 is 4.92 Å². The zero-order valence-corrected chi connectivity index (χ0v) is 10.6. The van der Waals surface area contributed by atoms with Gasteiger partial charge < -0.3 is 10.1 Å². The lowest BCUT2D eigenvalue weighted by Crippen LogP contribution is -2.21. The largest absolute Gasteiger partial charge is 0.419 e. The van der Waals surface area contributed by atoms with Crippen molar-refractivity contribution in [2.75, 3.05) is 17.7 Å². The topological polar surface area (TPSA) is 79.9 Å². The lowest BCUT2D eigenvalue weighted by atomic mass is 10.2. The maximum atomic E-state index is 10.9. The van der Waals surface area contributed by atoms with Crippen molar-refractivity contribution in [1.82, 2.24) is 0 Å². The molecule has 1 aromatic carbocycles. The molecule has 0 unspecified atom stereocenters. The summed E-state index contributed by atoms with van der Waals surface area (Å²) >= 11 is 1.35. The number of hydrazone groups is 1. The molecule has 0 bridgehead atoms. The van der Waals surface area contributed by atoms with Crippen LogP contribution in [0.5, 0.6) is 0 Å². The minimum Gasteiger partial charge on any atom is -0.358 e. The van der Waals surface area contributed by atoms with Gasteiger partial charge in [-0.3, -0.25) is 4.99 Å². The van der Waals surface area contributed by atoms with Gasteiger partial charge in [-0.2, -0.15) is 5.43 Å². The second-order valence-corrected chi connectivity index (χ2v) is 4.79. The highest BCUT2D eigenvalue weighted by molar-refractivity contribution is 8.16. The summed E-state index contributed by atoms with van der Waals surface area (Å²) in [6.07, 6.45) is 0. The van der Waals surface area contributed by atoms with E-state index in [0.717, 1.165) is 11.3 Å². The Morgan fingerprint density at radius 1 is 1.50 bits per heavy atom. The Hall–Kier alpha value is -1.89. The van der Waals surface area contributed by atoms with Gasteiger partial charge in [0.05, 0.1) is 17.3 Å². The summed E-state index contributed by atoms with van der Waals surface area (Å²) in [6, 6.07) is 7.46. The summed E-state index contributed by atoms with van der Waals surface area (Å²) < 4.78 is 0. The molecule has 0 saturated carbocycles. The second kappa shape index (κ2) is 5.63. The summed E-state index contributed by atoms with van der Waals surface area (Å²) in [5.74, 6) is 0.547. The van der Waals surface area contributed by atoms with Crippen molar-refractivity contribution < 1.29 is 4.92 Å². The van der Waals surface area contributed by atoms with E-state index in [4.69, 9.17) is 0 Å². The van der Waals surface area contributed by atoms with Crippen LogP contribution >= 0.6 is 11.8 Å². The first-order chi connectivity index (χ1) is 8.66. The van der Waals surface area contributed by atoms with Crippen molar-refractivity contribution in [3.05, 3.63) is 39.9 Å². The summed E-state index contributed by atoms with van der Waals surface area (Å²) in [7, 11) is 0. The van der Waals surface area contributed by atoms with Crippen LogP contribution in [-0.2, 0) is 0 Å². The van der Waals surface area contributed by atoms with Crippen LogP contribution in [0.15, 0.2) is 34.4 Å². The van der Waals surface area contributed by atoms with Crippen LogP contribution in [0, 0.1) is 17.0 Å².